The van der Waals surface area contributed by atoms with Gasteiger partial charge in [0.25, 0.3) is 0 Å². The van der Waals surface area contributed by atoms with Crippen LogP contribution in [0, 0.1) is 0 Å². The summed E-state index contributed by atoms with van der Waals surface area (Å²) in [5, 5.41) is 11.5. The number of hydrogen-bond donors (Lipinski definition) is 2. The number of hydrogen-bond acceptors (Lipinski definition) is 14. The molecule has 14 heteroatoms. The fourth-order valence-electron chi connectivity index (χ4n) is 6.17. The number of carbonyl (C=O) groups excluding carboxylic acids is 3. The Labute approximate surface area is 308 Å². The summed E-state index contributed by atoms with van der Waals surface area (Å²) in [6, 6.07) is 27.4. The predicted molar refractivity (Wildman–Crippen MR) is 186 cm³/mol. The first-order valence-corrected chi connectivity index (χ1v) is 17.4. The standard InChI is InChI=1S/C39H47NO13/c1-24(41)45-22-31-34(50-25(2)42)35(51-26(3)43)32(40)39(53-31)49-23-30-33(46-19-27-13-7-4-8-14-27)36(47-20-28-15-9-5-10-16-28)37(38(44)52-30)48-21-29-17-11-6-12-18-29/h4-18,30-39,44H,19-23,40H2,1-3H3/t30-,31-,32-,33-,34-,35-,36+,37-,38+,39-/m1/s1. The van der Waals surface area contributed by atoms with Crippen molar-refractivity contribution >= 4 is 17.9 Å². The second kappa shape index (κ2) is 19.7. The number of esters is 3. The average molecular weight is 738 g/mol. The lowest BCUT2D eigenvalue weighted by Gasteiger charge is -2.46. The first-order valence-electron chi connectivity index (χ1n) is 17.4. The third-order valence-electron chi connectivity index (χ3n) is 8.64. The number of aliphatic hydroxyl groups is 1. The zero-order valence-corrected chi connectivity index (χ0v) is 29.9. The van der Waals surface area contributed by atoms with Crippen molar-refractivity contribution in [3.05, 3.63) is 108 Å². The van der Waals surface area contributed by atoms with Gasteiger partial charge in [0.15, 0.2) is 24.8 Å². The van der Waals surface area contributed by atoms with Gasteiger partial charge in [-0.1, -0.05) is 91.0 Å². The maximum Gasteiger partial charge on any atom is 0.303 e. The third-order valence-corrected chi connectivity index (χ3v) is 8.64. The molecule has 0 aliphatic carbocycles. The Kier molecular flexibility index (Phi) is 14.9. The van der Waals surface area contributed by atoms with Crippen LogP contribution in [0.1, 0.15) is 37.5 Å². The van der Waals surface area contributed by atoms with Crippen LogP contribution in [-0.2, 0) is 76.8 Å². The normalized spacial score (nSPS) is 28.5. The SMILES string of the molecule is CC(=O)OC[C@H]1O[C@@H](OC[C@H]2O[C@H](O)[C@H](OCc3ccccc3)[C@@H](OCc3ccccc3)[C@@H]2OCc2ccccc2)[C@H](N)[C@@H](OC(C)=O)[C@@H]1OC(C)=O. The topological polar surface area (TPSA) is 181 Å². The number of ether oxygens (including phenoxy) is 9. The highest BCUT2D eigenvalue weighted by Crippen LogP contribution is 2.32. The van der Waals surface area contributed by atoms with Crippen molar-refractivity contribution < 1.29 is 62.1 Å². The molecule has 0 unspecified atom stereocenters. The van der Waals surface area contributed by atoms with Crippen LogP contribution in [0.5, 0.6) is 0 Å². The molecule has 2 aliphatic rings. The van der Waals surface area contributed by atoms with Crippen LogP contribution >= 0.6 is 0 Å². The molecule has 0 bridgehead atoms. The highest BCUT2D eigenvalue weighted by Gasteiger charge is 2.52. The zero-order valence-electron chi connectivity index (χ0n) is 29.9. The minimum absolute atomic E-state index is 0.166. The van der Waals surface area contributed by atoms with E-state index in [1.807, 2.05) is 91.0 Å². The predicted octanol–water partition coefficient (Wildman–Crippen LogP) is 2.96. The molecule has 3 aromatic rings. The second-order valence-corrected chi connectivity index (χ2v) is 12.8. The maximum atomic E-state index is 12.1. The van der Waals surface area contributed by atoms with E-state index in [-0.39, 0.29) is 33.0 Å². The Morgan fingerprint density at radius 3 is 1.51 bits per heavy atom. The average Bonchev–Trinajstić information content (AvgIpc) is 3.14. The van der Waals surface area contributed by atoms with Crippen LogP contribution < -0.4 is 5.73 Å². The van der Waals surface area contributed by atoms with Gasteiger partial charge in [-0.05, 0) is 16.7 Å². The molecule has 5 rings (SSSR count). The molecule has 286 valence electrons. The van der Waals surface area contributed by atoms with Crippen molar-refractivity contribution in [1.29, 1.82) is 0 Å². The van der Waals surface area contributed by atoms with Crippen LogP contribution in [-0.4, -0.2) is 97.6 Å². The van der Waals surface area contributed by atoms with Crippen molar-refractivity contribution in [1.82, 2.24) is 0 Å². The lowest BCUT2D eigenvalue weighted by Crippen LogP contribution is -2.65. The first-order chi connectivity index (χ1) is 25.6. The van der Waals surface area contributed by atoms with E-state index in [0.717, 1.165) is 16.7 Å². The van der Waals surface area contributed by atoms with Crippen molar-refractivity contribution in [2.45, 2.75) is 102 Å². The summed E-state index contributed by atoms with van der Waals surface area (Å²) < 4.78 is 53.9. The molecular weight excluding hydrogens is 690 g/mol. The van der Waals surface area contributed by atoms with E-state index in [0.29, 0.717) is 0 Å². The highest BCUT2D eigenvalue weighted by atomic mass is 16.7. The Hall–Kier alpha value is -4.25. The van der Waals surface area contributed by atoms with Gasteiger partial charge in [0.1, 0.15) is 37.1 Å². The van der Waals surface area contributed by atoms with Crippen LogP contribution in [0.15, 0.2) is 91.0 Å². The Morgan fingerprint density at radius 1 is 0.566 bits per heavy atom. The molecule has 53 heavy (non-hydrogen) atoms. The van der Waals surface area contributed by atoms with Gasteiger partial charge in [-0.15, -0.1) is 0 Å². The smallest absolute Gasteiger partial charge is 0.303 e. The summed E-state index contributed by atoms with van der Waals surface area (Å²) in [5.74, 6) is -1.99. The maximum absolute atomic E-state index is 12.1. The summed E-state index contributed by atoms with van der Waals surface area (Å²) >= 11 is 0. The summed E-state index contributed by atoms with van der Waals surface area (Å²) in [6.45, 7) is 3.48. The zero-order chi connectivity index (χ0) is 37.7. The fraction of sp³-hybridized carbons (Fsp3) is 0.462. The van der Waals surface area contributed by atoms with E-state index in [1.54, 1.807) is 0 Å². The molecule has 2 fully saturated rings. The summed E-state index contributed by atoms with van der Waals surface area (Å²) in [5.41, 5.74) is 9.19. The Morgan fingerprint density at radius 2 is 1.02 bits per heavy atom. The lowest BCUT2D eigenvalue weighted by molar-refractivity contribution is -0.329. The van der Waals surface area contributed by atoms with Crippen molar-refractivity contribution in [3.8, 4) is 0 Å². The number of aliphatic hydroxyl groups excluding tert-OH is 1. The van der Waals surface area contributed by atoms with Crippen molar-refractivity contribution in [3.63, 3.8) is 0 Å². The van der Waals surface area contributed by atoms with Crippen LogP contribution in [0.2, 0.25) is 0 Å². The monoisotopic (exact) mass is 737 g/mol. The fourth-order valence-corrected chi connectivity index (χ4v) is 6.17. The molecule has 0 radical (unpaired) electrons. The van der Waals surface area contributed by atoms with E-state index in [2.05, 4.69) is 0 Å². The Bertz CT molecular complexity index is 1580. The molecule has 14 nitrogen and oxygen atoms in total. The molecule has 0 saturated carbocycles. The van der Waals surface area contributed by atoms with Gasteiger partial charge in [-0.25, -0.2) is 0 Å². The quantitative estimate of drug-likeness (QED) is 0.162. The summed E-state index contributed by atoms with van der Waals surface area (Å²) in [6.07, 6.45) is -9.96. The second-order valence-electron chi connectivity index (χ2n) is 12.8. The van der Waals surface area contributed by atoms with Gasteiger partial charge in [0.05, 0.1) is 32.5 Å². The molecule has 2 heterocycles. The van der Waals surface area contributed by atoms with Gasteiger partial charge >= 0.3 is 17.9 Å². The summed E-state index contributed by atoms with van der Waals surface area (Å²) in [7, 11) is 0. The molecular formula is C39H47NO13. The van der Waals surface area contributed by atoms with E-state index in [4.69, 9.17) is 48.4 Å². The van der Waals surface area contributed by atoms with Gasteiger partial charge < -0.3 is 53.5 Å². The van der Waals surface area contributed by atoms with E-state index >= 15 is 0 Å². The van der Waals surface area contributed by atoms with E-state index in [9.17, 15) is 19.5 Å². The molecule has 2 aliphatic heterocycles. The molecule has 3 N–H and O–H groups in total. The van der Waals surface area contributed by atoms with E-state index < -0.39 is 79.3 Å². The van der Waals surface area contributed by atoms with Crippen molar-refractivity contribution in [2.75, 3.05) is 13.2 Å². The summed E-state index contributed by atoms with van der Waals surface area (Å²) in [4.78, 5) is 35.9. The third kappa shape index (κ3) is 11.6. The van der Waals surface area contributed by atoms with Crippen LogP contribution in [0.4, 0.5) is 0 Å². The molecule has 10 atom stereocenters. The van der Waals surface area contributed by atoms with Gasteiger partial charge in [-0.3, -0.25) is 14.4 Å². The van der Waals surface area contributed by atoms with Gasteiger partial charge in [0, 0.05) is 20.8 Å². The minimum atomic E-state index is -1.47. The molecule has 0 spiro atoms. The van der Waals surface area contributed by atoms with Crippen LogP contribution in [0.3, 0.4) is 0 Å². The lowest BCUT2D eigenvalue weighted by atomic mass is 9.96. The first kappa shape index (κ1) is 39.9. The largest absolute Gasteiger partial charge is 0.463 e. The number of nitrogens with two attached hydrogens (primary N) is 1. The molecule has 3 aromatic carbocycles. The van der Waals surface area contributed by atoms with Gasteiger partial charge in [0.2, 0.25) is 0 Å². The van der Waals surface area contributed by atoms with Crippen molar-refractivity contribution in [2.24, 2.45) is 5.73 Å². The molecule has 2 saturated heterocycles. The number of carbonyl (C=O) groups is 3. The van der Waals surface area contributed by atoms with Gasteiger partial charge in [-0.2, -0.15) is 0 Å². The molecule has 0 amide bonds. The van der Waals surface area contributed by atoms with E-state index in [1.165, 1.54) is 20.8 Å². The highest BCUT2D eigenvalue weighted by molar-refractivity contribution is 5.68. The molecule has 0 aromatic heterocycles. The van der Waals surface area contributed by atoms with Crippen LogP contribution in [0.25, 0.3) is 0 Å². The number of rotatable bonds is 16. The minimum Gasteiger partial charge on any atom is -0.463 e. The Balaban J connectivity index is 1.41. The number of benzene rings is 3.